The molecule has 2 aromatic carbocycles. The fourth-order valence-corrected chi connectivity index (χ4v) is 5.92. The maximum Gasteiger partial charge on any atom is 0.256 e. The Morgan fingerprint density at radius 1 is 0.897 bits per heavy atom. The number of rotatable bonds is 9. The molecule has 0 aliphatic rings. The van der Waals surface area contributed by atoms with E-state index in [2.05, 4.69) is 5.32 Å². The summed E-state index contributed by atoms with van der Waals surface area (Å²) < 4.78 is 51.3. The third kappa shape index (κ3) is 5.23. The Morgan fingerprint density at radius 2 is 1.48 bits per heavy atom. The summed E-state index contributed by atoms with van der Waals surface area (Å²) >= 11 is 0. The summed E-state index contributed by atoms with van der Waals surface area (Å²) in [6, 6.07) is 11.9. The van der Waals surface area contributed by atoms with Crippen LogP contribution in [-0.4, -0.2) is 45.9 Å². The fraction of sp³-hybridized carbons (Fsp3) is 0.350. The largest absolute Gasteiger partial charge is 0.322 e. The molecule has 0 atom stereocenters. The van der Waals surface area contributed by atoms with E-state index in [9.17, 15) is 21.6 Å². The average molecular weight is 439 g/mol. The predicted octanol–water partition coefficient (Wildman–Crippen LogP) is 3.15. The number of hydrogen-bond acceptors (Lipinski definition) is 5. The molecule has 0 bridgehead atoms. The lowest BCUT2D eigenvalue weighted by molar-refractivity contribution is 0.102. The summed E-state index contributed by atoms with van der Waals surface area (Å²) in [6.07, 6.45) is 0.445. The Bertz CT molecular complexity index is 1060. The Morgan fingerprint density at radius 3 is 2.03 bits per heavy atom. The highest BCUT2D eigenvalue weighted by molar-refractivity contribution is 7.91. The number of carbonyl (C=O) groups excluding carboxylic acids is 1. The molecule has 158 valence electrons. The van der Waals surface area contributed by atoms with Gasteiger partial charge in [0.05, 0.1) is 21.1 Å². The number of sulfone groups is 1. The van der Waals surface area contributed by atoms with E-state index in [1.54, 1.807) is 32.9 Å². The van der Waals surface area contributed by atoms with Crippen molar-refractivity contribution >= 4 is 31.5 Å². The molecule has 0 heterocycles. The van der Waals surface area contributed by atoms with Crippen LogP contribution in [0.3, 0.4) is 0 Å². The minimum Gasteiger partial charge on any atom is -0.322 e. The molecule has 2 aromatic rings. The van der Waals surface area contributed by atoms with Crippen molar-refractivity contribution in [2.75, 3.05) is 24.2 Å². The molecule has 0 saturated heterocycles. The standard InChI is InChI=1S/C20H26N2O5S2/c1-4-15-28(24,25)19-10-8-7-9-18(19)20(23)21-16-11-13-17(14-12-16)29(26,27)22(5-2)6-3/h7-14H,4-6,15H2,1-3H3,(H,21,23). The molecule has 0 saturated carbocycles. The molecule has 0 spiro atoms. The predicted molar refractivity (Wildman–Crippen MR) is 113 cm³/mol. The van der Waals surface area contributed by atoms with Crippen molar-refractivity contribution in [3.63, 3.8) is 0 Å². The Hall–Kier alpha value is -2.23. The second-order valence-electron chi connectivity index (χ2n) is 6.38. The van der Waals surface area contributed by atoms with Gasteiger partial charge in [0, 0.05) is 18.8 Å². The summed E-state index contributed by atoms with van der Waals surface area (Å²) in [6.45, 7) is 6.01. The van der Waals surface area contributed by atoms with E-state index in [-0.39, 0.29) is 21.1 Å². The van der Waals surface area contributed by atoms with Gasteiger partial charge in [-0.2, -0.15) is 4.31 Å². The van der Waals surface area contributed by atoms with Crippen LogP contribution in [0, 0.1) is 0 Å². The second-order valence-corrected chi connectivity index (χ2v) is 10.4. The van der Waals surface area contributed by atoms with Crippen LogP contribution < -0.4 is 5.32 Å². The van der Waals surface area contributed by atoms with Crippen LogP contribution in [0.1, 0.15) is 37.6 Å². The van der Waals surface area contributed by atoms with Crippen molar-refractivity contribution in [3.8, 4) is 0 Å². The number of nitrogens with one attached hydrogen (secondary N) is 1. The Labute approximate surface area is 172 Å². The molecule has 0 aliphatic carbocycles. The third-order valence-electron chi connectivity index (χ3n) is 4.39. The smallest absolute Gasteiger partial charge is 0.256 e. The van der Waals surface area contributed by atoms with Crippen LogP contribution in [0.25, 0.3) is 0 Å². The van der Waals surface area contributed by atoms with Gasteiger partial charge >= 0.3 is 0 Å². The molecular weight excluding hydrogens is 412 g/mol. The zero-order valence-corrected chi connectivity index (χ0v) is 18.4. The SMILES string of the molecule is CCCS(=O)(=O)c1ccccc1C(=O)Nc1ccc(S(=O)(=O)N(CC)CC)cc1. The molecule has 0 aromatic heterocycles. The molecule has 0 unspecified atom stereocenters. The number of carbonyl (C=O) groups is 1. The van der Waals surface area contributed by atoms with E-state index in [0.29, 0.717) is 25.2 Å². The normalized spacial score (nSPS) is 12.1. The highest BCUT2D eigenvalue weighted by Crippen LogP contribution is 2.21. The van der Waals surface area contributed by atoms with Gasteiger partial charge < -0.3 is 5.32 Å². The molecule has 1 amide bonds. The first-order valence-electron chi connectivity index (χ1n) is 9.40. The molecule has 29 heavy (non-hydrogen) atoms. The van der Waals surface area contributed by atoms with E-state index < -0.39 is 25.8 Å². The van der Waals surface area contributed by atoms with Crippen LogP contribution in [0.15, 0.2) is 58.3 Å². The second kappa shape index (κ2) is 9.51. The molecule has 7 nitrogen and oxygen atoms in total. The minimum absolute atomic E-state index is 0.0138. The molecular formula is C20H26N2O5S2. The van der Waals surface area contributed by atoms with Gasteiger partial charge in [-0.15, -0.1) is 0 Å². The lowest BCUT2D eigenvalue weighted by atomic mass is 10.2. The van der Waals surface area contributed by atoms with Crippen molar-refractivity contribution in [2.45, 2.75) is 37.0 Å². The summed E-state index contributed by atoms with van der Waals surface area (Å²) in [5.74, 6) is -0.616. The van der Waals surface area contributed by atoms with E-state index in [4.69, 9.17) is 0 Å². The van der Waals surface area contributed by atoms with Crippen LogP contribution >= 0.6 is 0 Å². The molecule has 1 N–H and O–H groups in total. The van der Waals surface area contributed by atoms with Gasteiger partial charge in [-0.3, -0.25) is 4.79 Å². The van der Waals surface area contributed by atoms with Gasteiger partial charge in [-0.05, 0) is 42.8 Å². The first-order valence-corrected chi connectivity index (χ1v) is 12.5. The van der Waals surface area contributed by atoms with Gasteiger partial charge in [-0.1, -0.05) is 32.9 Å². The molecule has 0 aliphatic heterocycles. The number of sulfonamides is 1. The molecule has 0 radical (unpaired) electrons. The van der Waals surface area contributed by atoms with E-state index >= 15 is 0 Å². The van der Waals surface area contributed by atoms with Gasteiger partial charge in [-0.25, -0.2) is 16.8 Å². The number of anilines is 1. The lowest BCUT2D eigenvalue weighted by Crippen LogP contribution is -2.30. The van der Waals surface area contributed by atoms with E-state index in [1.165, 1.54) is 40.7 Å². The maximum absolute atomic E-state index is 12.7. The Balaban J connectivity index is 2.28. The minimum atomic E-state index is -3.59. The zero-order chi connectivity index (χ0) is 21.7. The Kier molecular flexibility index (Phi) is 7.56. The maximum atomic E-state index is 12.7. The monoisotopic (exact) mass is 438 g/mol. The van der Waals surface area contributed by atoms with Crippen molar-refractivity contribution in [3.05, 3.63) is 54.1 Å². The van der Waals surface area contributed by atoms with Crippen molar-refractivity contribution in [1.29, 1.82) is 0 Å². The number of amides is 1. The molecule has 0 fully saturated rings. The first kappa shape index (κ1) is 23.1. The number of hydrogen-bond donors (Lipinski definition) is 1. The summed E-state index contributed by atoms with van der Waals surface area (Å²) in [5, 5.41) is 2.64. The van der Waals surface area contributed by atoms with Gasteiger partial charge in [0.15, 0.2) is 9.84 Å². The highest BCUT2D eigenvalue weighted by atomic mass is 32.2. The van der Waals surface area contributed by atoms with Crippen molar-refractivity contribution in [2.24, 2.45) is 0 Å². The topological polar surface area (TPSA) is 101 Å². The van der Waals surface area contributed by atoms with Gasteiger partial charge in [0.1, 0.15) is 0 Å². The van der Waals surface area contributed by atoms with Crippen molar-refractivity contribution < 1.29 is 21.6 Å². The number of benzene rings is 2. The molecule has 2 rings (SSSR count). The third-order valence-corrected chi connectivity index (χ3v) is 8.43. The zero-order valence-electron chi connectivity index (χ0n) is 16.8. The van der Waals surface area contributed by atoms with Crippen LogP contribution in [0.2, 0.25) is 0 Å². The van der Waals surface area contributed by atoms with Crippen LogP contribution in [0.4, 0.5) is 5.69 Å². The summed E-state index contributed by atoms with van der Waals surface area (Å²) in [7, 11) is -7.16. The summed E-state index contributed by atoms with van der Waals surface area (Å²) in [4.78, 5) is 12.8. The van der Waals surface area contributed by atoms with E-state index in [0.717, 1.165) is 0 Å². The van der Waals surface area contributed by atoms with Gasteiger partial charge in [0.25, 0.3) is 5.91 Å². The lowest BCUT2D eigenvalue weighted by Gasteiger charge is -2.18. The summed E-state index contributed by atoms with van der Waals surface area (Å²) in [5.41, 5.74) is 0.428. The van der Waals surface area contributed by atoms with Crippen LogP contribution in [0.5, 0.6) is 0 Å². The molecule has 9 heteroatoms. The fourth-order valence-electron chi connectivity index (χ4n) is 2.93. The van der Waals surface area contributed by atoms with Gasteiger partial charge in [0.2, 0.25) is 10.0 Å². The number of nitrogens with zero attached hydrogens (tertiary/aromatic N) is 1. The van der Waals surface area contributed by atoms with E-state index in [1.807, 2.05) is 0 Å². The van der Waals surface area contributed by atoms with Crippen molar-refractivity contribution in [1.82, 2.24) is 4.31 Å². The van der Waals surface area contributed by atoms with Crippen LogP contribution in [-0.2, 0) is 19.9 Å². The average Bonchev–Trinajstić information content (AvgIpc) is 2.69. The highest BCUT2D eigenvalue weighted by Gasteiger charge is 2.23. The quantitative estimate of drug-likeness (QED) is 0.648. The first-order chi connectivity index (χ1) is 13.7.